The second-order valence-corrected chi connectivity index (χ2v) is 5.81. The number of benzene rings is 2. The molecule has 1 aliphatic rings. The van der Waals surface area contributed by atoms with Crippen molar-refractivity contribution in [3.05, 3.63) is 47.5 Å². The highest BCUT2D eigenvalue weighted by atomic mass is 16.6. The molecule has 3 rings (SSSR count). The van der Waals surface area contributed by atoms with Gasteiger partial charge in [0.1, 0.15) is 0 Å². The average Bonchev–Trinajstić information content (AvgIpc) is 2.66. The summed E-state index contributed by atoms with van der Waals surface area (Å²) in [4.78, 5) is 49.0. The lowest BCUT2D eigenvalue weighted by molar-refractivity contribution is -0.157. The first-order valence-corrected chi connectivity index (χ1v) is 8.13. The third-order valence-electron chi connectivity index (χ3n) is 4.20. The molecule has 0 fully saturated rings. The molecular weight excluding hydrogens is 338 g/mol. The van der Waals surface area contributed by atoms with E-state index in [2.05, 4.69) is 4.74 Å². The van der Waals surface area contributed by atoms with Gasteiger partial charge < -0.3 is 9.47 Å². The highest BCUT2D eigenvalue weighted by molar-refractivity contribution is 6.25. The van der Waals surface area contributed by atoms with Crippen LogP contribution in [0.25, 0.3) is 10.8 Å². The Kier molecular flexibility index (Phi) is 4.97. The number of hydrogen-bond donors (Lipinski definition) is 0. The van der Waals surface area contributed by atoms with Gasteiger partial charge in [-0.15, -0.1) is 0 Å². The van der Waals surface area contributed by atoms with Crippen LogP contribution in [0.15, 0.2) is 36.4 Å². The Morgan fingerprint density at radius 3 is 2.15 bits per heavy atom. The van der Waals surface area contributed by atoms with Crippen LogP contribution in [0.2, 0.25) is 0 Å². The number of amides is 2. The summed E-state index contributed by atoms with van der Waals surface area (Å²) in [5, 5.41) is 1.51. The van der Waals surface area contributed by atoms with Crippen molar-refractivity contribution in [3.8, 4) is 0 Å². The van der Waals surface area contributed by atoms with E-state index in [1.54, 1.807) is 24.3 Å². The molecule has 1 aliphatic heterocycles. The second kappa shape index (κ2) is 7.35. The molecular formula is C19H17NO6. The Balaban J connectivity index is 1.67. The van der Waals surface area contributed by atoms with Crippen LogP contribution in [0.5, 0.6) is 0 Å². The van der Waals surface area contributed by atoms with Crippen LogP contribution < -0.4 is 0 Å². The van der Waals surface area contributed by atoms with Gasteiger partial charge >= 0.3 is 11.9 Å². The Labute approximate surface area is 149 Å². The summed E-state index contributed by atoms with van der Waals surface area (Å²) in [5.74, 6) is -1.98. The second-order valence-electron chi connectivity index (χ2n) is 5.81. The third kappa shape index (κ3) is 3.28. The fourth-order valence-electron chi connectivity index (χ4n) is 2.94. The lowest BCUT2D eigenvalue weighted by Gasteiger charge is -2.27. The maximum absolute atomic E-state index is 12.7. The number of ether oxygens (including phenoxy) is 2. The first-order chi connectivity index (χ1) is 12.5. The zero-order chi connectivity index (χ0) is 18.7. The van der Waals surface area contributed by atoms with E-state index < -0.39 is 18.5 Å². The smallest absolute Gasteiger partial charge is 0.344 e. The quantitative estimate of drug-likeness (QED) is 0.581. The topological polar surface area (TPSA) is 90.0 Å². The maximum atomic E-state index is 12.7. The predicted octanol–water partition coefficient (Wildman–Crippen LogP) is 1.93. The van der Waals surface area contributed by atoms with Gasteiger partial charge in [-0.2, -0.15) is 0 Å². The molecule has 26 heavy (non-hydrogen) atoms. The number of carbonyl (C=O) groups is 4. The van der Waals surface area contributed by atoms with E-state index in [1.807, 2.05) is 12.1 Å². The lowest BCUT2D eigenvalue weighted by atomic mass is 9.94. The summed E-state index contributed by atoms with van der Waals surface area (Å²) in [6.45, 7) is -0.359. The minimum atomic E-state index is -0.649. The molecule has 0 bridgehead atoms. The largest absolute Gasteiger partial charge is 0.466 e. The summed E-state index contributed by atoms with van der Waals surface area (Å²) in [6.07, 6.45) is 0.232. The highest BCUT2D eigenvalue weighted by Gasteiger charge is 2.32. The van der Waals surface area contributed by atoms with Crippen molar-refractivity contribution in [2.75, 3.05) is 20.3 Å². The number of carbonyl (C=O) groups excluding carboxylic acids is 4. The van der Waals surface area contributed by atoms with Crippen LogP contribution in [-0.2, 0) is 19.1 Å². The van der Waals surface area contributed by atoms with Gasteiger partial charge in [-0.1, -0.05) is 24.3 Å². The van der Waals surface area contributed by atoms with Crippen molar-refractivity contribution in [2.45, 2.75) is 12.8 Å². The molecule has 0 saturated carbocycles. The molecule has 7 nitrogen and oxygen atoms in total. The number of methoxy groups -OCH3 is 1. The third-order valence-corrected chi connectivity index (χ3v) is 4.20. The number of esters is 2. The summed E-state index contributed by atoms with van der Waals surface area (Å²) in [5.41, 5.74) is 0.955. The molecule has 0 aromatic heterocycles. The van der Waals surface area contributed by atoms with Crippen LogP contribution in [0.1, 0.15) is 33.6 Å². The molecule has 0 aliphatic carbocycles. The molecule has 1 heterocycles. The summed E-state index contributed by atoms with van der Waals surface area (Å²) in [7, 11) is 1.20. The monoisotopic (exact) mass is 355 g/mol. The van der Waals surface area contributed by atoms with Gasteiger partial charge in [0, 0.05) is 29.5 Å². The molecule has 2 amide bonds. The molecule has 0 spiro atoms. The number of rotatable bonds is 6. The number of nitrogens with zero attached hydrogens (tertiary/aromatic N) is 1. The number of hydrogen-bond acceptors (Lipinski definition) is 6. The highest BCUT2D eigenvalue weighted by Crippen LogP contribution is 2.29. The molecule has 2 aromatic rings. The minimum absolute atomic E-state index is 0.0140. The molecule has 7 heteroatoms. The summed E-state index contributed by atoms with van der Waals surface area (Å²) < 4.78 is 9.11. The minimum Gasteiger partial charge on any atom is -0.466 e. The van der Waals surface area contributed by atoms with E-state index in [0.29, 0.717) is 16.5 Å². The zero-order valence-electron chi connectivity index (χ0n) is 14.2. The standard InChI is InChI=1S/C19H17NO6/c1-25-16(22)11-26-15(21)9-4-10-20-18(23)13-7-2-5-12-6-3-8-14(17(12)13)19(20)24/h2-3,5-8H,4,9-11H2,1H3. The molecule has 0 atom stereocenters. The zero-order valence-corrected chi connectivity index (χ0v) is 14.2. The SMILES string of the molecule is COC(=O)COC(=O)CCCN1C(=O)c2cccc3cccc(c23)C1=O. The Hall–Kier alpha value is -3.22. The van der Waals surface area contributed by atoms with E-state index in [-0.39, 0.29) is 31.2 Å². The maximum Gasteiger partial charge on any atom is 0.344 e. The number of imide groups is 1. The van der Waals surface area contributed by atoms with Crippen LogP contribution in [0.4, 0.5) is 0 Å². The molecule has 0 saturated heterocycles. The normalized spacial score (nSPS) is 13.0. The van der Waals surface area contributed by atoms with Crippen molar-refractivity contribution >= 4 is 34.5 Å². The van der Waals surface area contributed by atoms with Gasteiger partial charge in [0.05, 0.1) is 7.11 Å². The van der Waals surface area contributed by atoms with Crippen LogP contribution in [-0.4, -0.2) is 48.9 Å². The Morgan fingerprint density at radius 1 is 0.962 bits per heavy atom. The van der Waals surface area contributed by atoms with Crippen LogP contribution >= 0.6 is 0 Å². The molecule has 0 radical (unpaired) electrons. The molecule has 134 valence electrons. The van der Waals surface area contributed by atoms with Gasteiger partial charge in [-0.3, -0.25) is 19.3 Å². The fraction of sp³-hybridized carbons (Fsp3) is 0.263. The van der Waals surface area contributed by atoms with Crippen molar-refractivity contribution in [3.63, 3.8) is 0 Å². The van der Waals surface area contributed by atoms with E-state index >= 15 is 0 Å². The Bertz CT molecular complexity index is 853. The average molecular weight is 355 g/mol. The Morgan fingerprint density at radius 2 is 1.58 bits per heavy atom. The van der Waals surface area contributed by atoms with Crippen molar-refractivity contribution < 1.29 is 28.7 Å². The summed E-state index contributed by atoms with van der Waals surface area (Å²) in [6, 6.07) is 10.6. The first-order valence-electron chi connectivity index (χ1n) is 8.13. The van der Waals surface area contributed by atoms with Gasteiger partial charge in [0.25, 0.3) is 11.8 Å². The van der Waals surface area contributed by atoms with Gasteiger partial charge in [-0.25, -0.2) is 4.79 Å². The van der Waals surface area contributed by atoms with Crippen molar-refractivity contribution in [2.24, 2.45) is 0 Å². The molecule has 0 N–H and O–H groups in total. The van der Waals surface area contributed by atoms with E-state index in [0.717, 1.165) is 10.3 Å². The van der Waals surface area contributed by atoms with Crippen molar-refractivity contribution in [1.82, 2.24) is 4.90 Å². The molecule has 0 unspecified atom stereocenters. The fourth-order valence-corrected chi connectivity index (χ4v) is 2.94. The summed E-state index contributed by atoms with van der Waals surface area (Å²) >= 11 is 0. The lowest BCUT2D eigenvalue weighted by Crippen LogP contribution is -2.41. The predicted molar refractivity (Wildman–Crippen MR) is 91.5 cm³/mol. The van der Waals surface area contributed by atoms with E-state index in [1.165, 1.54) is 7.11 Å². The van der Waals surface area contributed by atoms with E-state index in [9.17, 15) is 19.2 Å². The van der Waals surface area contributed by atoms with Gasteiger partial charge in [-0.05, 0) is 23.9 Å². The van der Waals surface area contributed by atoms with E-state index in [4.69, 9.17) is 4.74 Å². The van der Waals surface area contributed by atoms with Gasteiger partial charge in [0.2, 0.25) is 0 Å². The van der Waals surface area contributed by atoms with Crippen LogP contribution in [0, 0.1) is 0 Å². The van der Waals surface area contributed by atoms with Crippen LogP contribution in [0.3, 0.4) is 0 Å². The molecule has 2 aromatic carbocycles. The van der Waals surface area contributed by atoms with Gasteiger partial charge in [0.15, 0.2) is 6.61 Å². The first kappa shape index (κ1) is 17.6. The van der Waals surface area contributed by atoms with Crippen molar-refractivity contribution in [1.29, 1.82) is 0 Å².